The molecule has 5 heteroatoms. The van der Waals surface area contributed by atoms with Gasteiger partial charge in [-0.15, -0.1) is 0 Å². The van der Waals surface area contributed by atoms with Gasteiger partial charge >= 0.3 is 7.60 Å². The van der Waals surface area contributed by atoms with E-state index in [0.717, 1.165) is 35.5 Å². The molecule has 0 saturated carbocycles. The first kappa shape index (κ1) is 30.6. The summed E-state index contributed by atoms with van der Waals surface area (Å²) in [6.45, 7) is 5.01. The van der Waals surface area contributed by atoms with Gasteiger partial charge < -0.3 is 14.2 Å². The molecule has 36 heavy (non-hydrogen) atoms. The van der Waals surface area contributed by atoms with Crippen molar-refractivity contribution >= 4 is 7.60 Å². The van der Waals surface area contributed by atoms with Gasteiger partial charge in [-0.3, -0.25) is 4.57 Å². The molecule has 0 bridgehead atoms. The van der Waals surface area contributed by atoms with E-state index in [4.69, 9.17) is 9.26 Å². The Morgan fingerprint density at radius 2 is 1.08 bits per heavy atom. The number of unbranched alkanes of at least 4 members (excludes halogenated alkanes) is 13. The second-order valence-corrected chi connectivity index (χ2v) is 11.7. The maximum absolute atomic E-state index is 11.9. The molecule has 4 nitrogen and oxygen atoms in total. The lowest BCUT2D eigenvalue weighted by Crippen LogP contribution is -1.97. The highest BCUT2D eigenvalue weighted by Gasteiger charge is 2.18. The molecule has 0 aliphatic carbocycles. The van der Waals surface area contributed by atoms with Gasteiger partial charge in [0.05, 0.1) is 19.4 Å². The van der Waals surface area contributed by atoms with Crippen molar-refractivity contribution in [3.05, 3.63) is 54.1 Å². The maximum Gasteiger partial charge on any atom is 0.332 e. The molecule has 1 unspecified atom stereocenters. The first-order chi connectivity index (χ1) is 17.5. The Morgan fingerprint density at radius 3 is 1.56 bits per heavy atom. The highest BCUT2D eigenvalue weighted by Crippen LogP contribution is 2.45. The average molecular weight is 517 g/mol. The molecule has 2 aromatic carbocycles. The third-order valence-corrected chi connectivity index (χ3v) is 8.05. The van der Waals surface area contributed by atoms with Crippen LogP contribution >= 0.6 is 7.60 Å². The zero-order valence-corrected chi connectivity index (χ0v) is 23.7. The monoisotopic (exact) mass is 516 g/mol. The molecule has 0 amide bonds. The van der Waals surface area contributed by atoms with Crippen molar-refractivity contribution in [2.45, 2.75) is 110 Å². The van der Waals surface area contributed by atoms with Crippen molar-refractivity contribution in [2.24, 2.45) is 0 Å². The van der Waals surface area contributed by atoms with Gasteiger partial charge in [0.1, 0.15) is 5.75 Å². The summed E-state index contributed by atoms with van der Waals surface area (Å²) in [6, 6.07) is 15.9. The molecule has 0 radical (unpaired) electrons. The minimum Gasteiger partial charge on any atom is -0.494 e. The van der Waals surface area contributed by atoms with Crippen LogP contribution in [-0.2, 0) is 15.3 Å². The minimum absolute atomic E-state index is 0.0349. The zero-order valence-electron chi connectivity index (χ0n) is 22.8. The molecule has 202 valence electrons. The average Bonchev–Trinajstić information content (AvgIpc) is 2.87. The molecule has 0 saturated heterocycles. The molecule has 1 atom stereocenters. The van der Waals surface area contributed by atoms with Crippen LogP contribution in [0.4, 0.5) is 0 Å². The summed E-state index contributed by atoms with van der Waals surface area (Å²) >= 11 is 0. The molecule has 0 spiro atoms. The van der Waals surface area contributed by atoms with Crippen LogP contribution in [0.15, 0.2) is 48.5 Å². The van der Waals surface area contributed by atoms with E-state index in [9.17, 15) is 9.46 Å². The fourth-order valence-corrected chi connectivity index (χ4v) is 5.68. The van der Waals surface area contributed by atoms with Crippen LogP contribution in [0.3, 0.4) is 0 Å². The van der Waals surface area contributed by atoms with Crippen molar-refractivity contribution in [3.8, 4) is 16.9 Å². The van der Waals surface area contributed by atoms with Gasteiger partial charge in [-0.2, -0.15) is 0 Å². The lowest BCUT2D eigenvalue weighted by molar-refractivity contribution is 0.272. The SMILES string of the molecule is CCCCCCCCCCCCCCCCOc1ccc(-c2ccc(CP(=O)(O)OCC)cc2)cc1. The molecular weight excluding hydrogens is 467 g/mol. The standard InChI is InChI=1S/C31H49O4P/c1-3-5-6-7-8-9-10-11-12-13-14-15-16-17-26-34-31-24-22-30(23-25-31)29-20-18-28(19-21-29)27-36(32,33)35-4-2/h18-25H,3-17,26-27H2,1-2H3,(H,32,33). The third-order valence-electron chi connectivity index (χ3n) is 6.62. The van der Waals surface area contributed by atoms with E-state index < -0.39 is 7.60 Å². The van der Waals surface area contributed by atoms with E-state index in [1.54, 1.807) is 6.92 Å². The zero-order chi connectivity index (χ0) is 25.9. The highest BCUT2D eigenvalue weighted by molar-refractivity contribution is 7.51. The topological polar surface area (TPSA) is 55.8 Å². The summed E-state index contributed by atoms with van der Waals surface area (Å²) in [5, 5.41) is 0. The first-order valence-corrected chi connectivity index (χ1v) is 16.1. The molecule has 0 aliphatic rings. The number of ether oxygens (including phenoxy) is 1. The normalized spacial score (nSPS) is 13.0. The minimum atomic E-state index is -3.56. The highest BCUT2D eigenvalue weighted by atomic mass is 31.2. The smallest absolute Gasteiger partial charge is 0.332 e. The summed E-state index contributed by atoms with van der Waals surface area (Å²) in [7, 11) is -3.56. The fraction of sp³-hybridized carbons (Fsp3) is 0.613. The van der Waals surface area contributed by atoms with Crippen LogP contribution in [0.1, 0.15) is 109 Å². The quantitative estimate of drug-likeness (QED) is 0.132. The van der Waals surface area contributed by atoms with Crippen LogP contribution < -0.4 is 4.74 Å². The van der Waals surface area contributed by atoms with Gasteiger partial charge in [0, 0.05) is 0 Å². The summed E-state index contributed by atoms with van der Waals surface area (Å²) < 4.78 is 22.8. The summed E-state index contributed by atoms with van der Waals surface area (Å²) in [5.74, 6) is 0.906. The molecule has 0 heterocycles. The van der Waals surface area contributed by atoms with Gasteiger partial charge in [-0.05, 0) is 42.2 Å². The Kier molecular flexibility index (Phi) is 15.8. The van der Waals surface area contributed by atoms with E-state index in [1.807, 2.05) is 36.4 Å². The van der Waals surface area contributed by atoms with Gasteiger partial charge in [0.2, 0.25) is 0 Å². The van der Waals surface area contributed by atoms with Crippen molar-refractivity contribution < 1.29 is 18.7 Å². The van der Waals surface area contributed by atoms with Crippen LogP contribution in [0, 0.1) is 0 Å². The van der Waals surface area contributed by atoms with Crippen molar-refractivity contribution in [1.82, 2.24) is 0 Å². The second-order valence-electron chi connectivity index (χ2n) is 9.88. The van der Waals surface area contributed by atoms with Gasteiger partial charge in [0.25, 0.3) is 0 Å². The fourth-order valence-electron chi connectivity index (χ4n) is 4.51. The van der Waals surface area contributed by atoms with Gasteiger partial charge in [-0.25, -0.2) is 0 Å². The number of rotatable bonds is 21. The summed E-state index contributed by atoms with van der Waals surface area (Å²) in [5.41, 5.74) is 2.97. The largest absolute Gasteiger partial charge is 0.494 e. The summed E-state index contributed by atoms with van der Waals surface area (Å²) in [4.78, 5) is 9.81. The molecule has 0 aliphatic heterocycles. The van der Waals surface area contributed by atoms with E-state index in [1.165, 1.54) is 83.5 Å². The Morgan fingerprint density at radius 1 is 0.639 bits per heavy atom. The first-order valence-electron chi connectivity index (χ1n) is 14.3. The Labute approximate surface area is 220 Å². The molecule has 2 rings (SSSR count). The molecule has 1 N–H and O–H groups in total. The molecule has 2 aromatic rings. The maximum atomic E-state index is 11.9. The van der Waals surface area contributed by atoms with E-state index in [2.05, 4.69) is 19.1 Å². The van der Waals surface area contributed by atoms with E-state index >= 15 is 0 Å². The van der Waals surface area contributed by atoms with Crippen LogP contribution in [0.25, 0.3) is 11.1 Å². The third kappa shape index (κ3) is 13.6. The van der Waals surface area contributed by atoms with Crippen LogP contribution in [0.2, 0.25) is 0 Å². The number of hydrogen-bond acceptors (Lipinski definition) is 3. The molecular formula is C31H49O4P. The molecule has 0 fully saturated rings. The number of hydrogen-bond donors (Lipinski definition) is 1. The predicted molar refractivity (Wildman–Crippen MR) is 153 cm³/mol. The van der Waals surface area contributed by atoms with Crippen LogP contribution in [-0.4, -0.2) is 18.1 Å². The Balaban J connectivity index is 1.53. The Hall–Kier alpha value is -1.61. The van der Waals surface area contributed by atoms with E-state index in [0.29, 0.717) is 0 Å². The Bertz CT molecular complexity index is 848. The van der Waals surface area contributed by atoms with Crippen molar-refractivity contribution in [3.63, 3.8) is 0 Å². The van der Waals surface area contributed by atoms with Gasteiger partial charge in [0.15, 0.2) is 0 Å². The molecule has 0 aromatic heterocycles. The predicted octanol–water partition coefficient (Wildman–Crippen LogP) is 9.94. The lowest BCUT2D eigenvalue weighted by atomic mass is 10.0. The second kappa shape index (κ2) is 18.6. The van der Waals surface area contributed by atoms with E-state index in [-0.39, 0.29) is 12.8 Å². The van der Waals surface area contributed by atoms with Crippen molar-refractivity contribution in [2.75, 3.05) is 13.2 Å². The van der Waals surface area contributed by atoms with Crippen LogP contribution in [0.5, 0.6) is 5.75 Å². The summed E-state index contributed by atoms with van der Waals surface area (Å²) in [6.07, 6.45) is 19.1. The van der Waals surface area contributed by atoms with Crippen molar-refractivity contribution in [1.29, 1.82) is 0 Å². The van der Waals surface area contributed by atoms with Gasteiger partial charge in [-0.1, -0.05) is 127 Å². The lowest BCUT2D eigenvalue weighted by Gasteiger charge is -2.11. The number of benzene rings is 2.